The fourth-order valence-corrected chi connectivity index (χ4v) is 6.17. The van der Waals surface area contributed by atoms with Crippen LogP contribution in [-0.2, 0) is 17.9 Å². The van der Waals surface area contributed by atoms with Crippen LogP contribution in [0.2, 0.25) is 0 Å². The summed E-state index contributed by atoms with van der Waals surface area (Å²) < 4.78 is 49.6. The minimum Gasteiger partial charge on any atom is -0.475 e. The molecule has 0 aliphatic carbocycles. The number of rotatable bonds is 11. The molecule has 0 aliphatic rings. The van der Waals surface area contributed by atoms with Crippen molar-refractivity contribution in [3.63, 3.8) is 0 Å². The number of aromatic nitrogens is 3. The van der Waals surface area contributed by atoms with Gasteiger partial charge in [0.2, 0.25) is 5.88 Å². The Labute approximate surface area is 264 Å². The third-order valence-corrected chi connectivity index (χ3v) is 8.13. The van der Waals surface area contributed by atoms with Crippen LogP contribution in [0.25, 0.3) is 26.3 Å². The summed E-state index contributed by atoms with van der Waals surface area (Å²) in [6.07, 6.45) is 1.24. The second kappa shape index (κ2) is 14.0. The summed E-state index contributed by atoms with van der Waals surface area (Å²) in [6.45, 7) is -1.17. The summed E-state index contributed by atoms with van der Waals surface area (Å²) in [6, 6.07) is 12.5. The van der Waals surface area contributed by atoms with Crippen molar-refractivity contribution < 1.29 is 27.5 Å². The largest absolute Gasteiger partial charge is 0.475 e. The SMILES string of the molecule is CONC(=O)Nc1ccc(-c2sc3c(c2CN(C)C)c(=O)n(-c2ccc(OCCF)nc2)c(=O)n3Cc2c(F)cccc2F)cc1. The van der Waals surface area contributed by atoms with E-state index in [0.29, 0.717) is 21.7 Å². The molecular formula is C31H29F3N6O5S. The number of anilines is 1. The summed E-state index contributed by atoms with van der Waals surface area (Å²) in [5, 5.41) is 2.80. The Balaban J connectivity index is 1.76. The van der Waals surface area contributed by atoms with E-state index in [1.165, 1.54) is 36.1 Å². The lowest BCUT2D eigenvalue weighted by atomic mass is 10.1. The van der Waals surface area contributed by atoms with E-state index in [1.54, 1.807) is 24.3 Å². The first-order valence-electron chi connectivity index (χ1n) is 13.9. The number of thiophene rings is 1. The van der Waals surface area contributed by atoms with Crippen molar-refractivity contribution in [2.24, 2.45) is 0 Å². The fourth-order valence-electron chi connectivity index (χ4n) is 4.87. The van der Waals surface area contributed by atoms with E-state index in [2.05, 4.69) is 20.6 Å². The number of urea groups is 1. The van der Waals surface area contributed by atoms with E-state index in [1.807, 2.05) is 19.0 Å². The maximum Gasteiger partial charge on any atom is 0.343 e. The number of hydrogen-bond acceptors (Lipinski definition) is 8. The van der Waals surface area contributed by atoms with Gasteiger partial charge in [-0.3, -0.25) is 14.2 Å². The number of hydrogen-bond donors (Lipinski definition) is 2. The predicted molar refractivity (Wildman–Crippen MR) is 168 cm³/mol. The molecule has 15 heteroatoms. The van der Waals surface area contributed by atoms with Gasteiger partial charge in [-0.15, -0.1) is 11.3 Å². The topological polar surface area (TPSA) is 120 Å². The quantitative estimate of drug-likeness (QED) is 0.198. The van der Waals surface area contributed by atoms with E-state index < -0.39 is 42.1 Å². The number of nitrogens with one attached hydrogen (secondary N) is 2. The third kappa shape index (κ3) is 6.66. The fraction of sp³-hybridized carbons (Fsp3) is 0.226. The second-order valence-electron chi connectivity index (χ2n) is 10.3. The highest BCUT2D eigenvalue weighted by molar-refractivity contribution is 7.22. The number of carbonyl (C=O) groups is 1. The summed E-state index contributed by atoms with van der Waals surface area (Å²) in [5.41, 5.74) is 2.13. The van der Waals surface area contributed by atoms with Crippen molar-refractivity contribution >= 4 is 33.3 Å². The monoisotopic (exact) mass is 654 g/mol. The van der Waals surface area contributed by atoms with Crippen LogP contribution >= 0.6 is 11.3 Å². The Morgan fingerprint density at radius 2 is 1.74 bits per heavy atom. The average Bonchev–Trinajstić information content (AvgIpc) is 3.39. The summed E-state index contributed by atoms with van der Waals surface area (Å²) in [7, 11) is 4.94. The van der Waals surface area contributed by atoms with Gasteiger partial charge in [0.25, 0.3) is 5.56 Å². The van der Waals surface area contributed by atoms with Crippen LogP contribution in [0.1, 0.15) is 11.1 Å². The maximum atomic E-state index is 14.9. The lowest BCUT2D eigenvalue weighted by molar-refractivity contribution is 0.114. The molecule has 0 unspecified atom stereocenters. The lowest BCUT2D eigenvalue weighted by Gasteiger charge is -2.15. The van der Waals surface area contributed by atoms with Crippen molar-refractivity contribution in [1.29, 1.82) is 0 Å². The first-order chi connectivity index (χ1) is 22.1. The highest BCUT2D eigenvalue weighted by Gasteiger charge is 2.25. The van der Waals surface area contributed by atoms with E-state index in [-0.39, 0.29) is 40.5 Å². The molecule has 0 fully saturated rings. The lowest BCUT2D eigenvalue weighted by Crippen LogP contribution is -2.39. The Kier molecular flexibility index (Phi) is 9.84. The summed E-state index contributed by atoms with van der Waals surface area (Å²) >= 11 is 1.14. The molecule has 3 aromatic heterocycles. The minimum atomic E-state index is -0.847. The maximum absolute atomic E-state index is 14.9. The Morgan fingerprint density at radius 1 is 1.02 bits per heavy atom. The number of fused-ring (bicyclic) bond motifs is 1. The molecule has 2 N–H and O–H groups in total. The molecule has 240 valence electrons. The number of benzene rings is 2. The molecule has 5 aromatic rings. The highest BCUT2D eigenvalue weighted by atomic mass is 32.1. The molecule has 0 atom stereocenters. The van der Waals surface area contributed by atoms with E-state index in [4.69, 9.17) is 4.74 Å². The number of carbonyl (C=O) groups excluding carboxylic acids is 1. The normalized spacial score (nSPS) is 11.3. The molecule has 5 rings (SSSR count). The van der Waals surface area contributed by atoms with Gasteiger partial charge in [-0.05, 0) is 55.6 Å². The van der Waals surface area contributed by atoms with Gasteiger partial charge in [0.05, 0.1) is 30.9 Å². The van der Waals surface area contributed by atoms with Gasteiger partial charge in [-0.25, -0.2) is 37.8 Å². The summed E-state index contributed by atoms with van der Waals surface area (Å²) in [5.74, 6) is -1.60. The van der Waals surface area contributed by atoms with Crippen LogP contribution in [0, 0.1) is 11.6 Å². The van der Waals surface area contributed by atoms with Crippen LogP contribution in [0.3, 0.4) is 0 Å². The zero-order chi connectivity index (χ0) is 33.0. The standard InChI is InChI=1S/C31H29F3N6O5S/c1-38(2)16-22-26-28(41)40(20-11-12-25(35-15-20)45-14-13-32)31(43)39(17-21-23(33)5-4-6-24(21)34)29(26)46-27(22)18-7-9-19(10-8-18)36-30(42)37-44-3/h4-12,15H,13-14,16-17H2,1-3H3,(H2,36,37,42). The molecule has 2 amide bonds. The third-order valence-electron chi connectivity index (χ3n) is 6.83. The number of pyridine rings is 1. The number of halogens is 3. The minimum absolute atomic E-state index is 0.0839. The van der Waals surface area contributed by atoms with Crippen LogP contribution < -0.4 is 26.8 Å². The molecule has 0 aliphatic heterocycles. The smallest absolute Gasteiger partial charge is 0.343 e. The molecule has 2 aromatic carbocycles. The van der Waals surface area contributed by atoms with Gasteiger partial charge in [-0.2, -0.15) is 0 Å². The number of amides is 2. The molecule has 0 saturated heterocycles. The molecule has 3 heterocycles. The Hall–Kier alpha value is -4.99. The van der Waals surface area contributed by atoms with Gasteiger partial charge in [0, 0.05) is 28.7 Å². The van der Waals surface area contributed by atoms with E-state index in [9.17, 15) is 27.6 Å². The molecule has 46 heavy (non-hydrogen) atoms. The number of ether oxygens (including phenoxy) is 1. The Bertz CT molecular complexity index is 1970. The van der Waals surface area contributed by atoms with Gasteiger partial charge < -0.3 is 15.0 Å². The van der Waals surface area contributed by atoms with Crippen molar-refractivity contribution in [3.8, 4) is 22.0 Å². The molecule has 0 radical (unpaired) electrons. The number of hydroxylamine groups is 1. The summed E-state index contributed by atoms with van der Waals surface area (Å²) in [4.78, 5) is 51.6. The zero-order valence-corrected chi connectivity index (χ0v) is 25.8. The highest BCUT2D eigenvalue weighted by Crippen LogP contribution is 2.38. The zero-order valence-electron chi connectivity index (χ0n) is 25.0. The van der Waals surface area contributed by atoms with Crippen molar-refractivity contribution in [1.82, 2.24) is 24.5 Å². The van der Waals surface area contributed by atoms with Crippen LogP contribution in [-0.4, -0.2) is 59.5 Å². The number of alkyl halides is 1. The van der Waals surface area contributed by atoms with E-state index in [0.717, 1.165) is 28.0 Å². The van der Waals surface area contributed by atoms with Gasteiger partial charge >= 0.3 is 11.7 Å². The predicted octanol–water partition coefficient (Wildman–Crippen LogP) is 4.70. The molecule has 0 saturated carbocycles. The second-order valence-corrected chi connectivity index (χ2v) is 11.3. The first kappa shape index (κ1) is 32.4. The van der Waals surface area contributed by atoms with Crippen LogP contribution in [0.4, 0.5) is 23.7 Å². The van der Waals surface area contributed by atoms with Gasteiger partial charge in [0.15, 0.2) is 0 Å². The molecular weight excluding hydrogens is 625 g/mol. The molecule has 11 nitrogen and oxygen atoms in total. The van der Waals surface area contributed by atoms with Crippen molar-refractivity contribution in [2.75, 3.05) is 39.8 Å². The van der Waals surface area contributed by atoms with Crippen LogP contribution in [0.15, 0.2) is 70.4 Å². The molecule has 0 spiro atoms. The van der Waals surface area contributed by atoms with Crippen molar-refractivity contribution in [3.05, 3.63) is 104 Å². The van der Waals surface area contributed by atoms with Gasteiger partial charge in [0.1, 0.15) is 29.7 Å². The first-order valence-corrected chi connectivity index (χ1v) is 14.7. The van der Waals surface area contributed by atoms with E-state index >= 15 is 0 Å². The molecule has 0 bridgehead atoms. The van der Waals surface area contributed by atoms with Crippen LogP contribution in [0.5, 0.6) is 5.88 Å². The number of nitrogens with zero attached hydrogens (tertiary/aromatic N) is 4. The van der Waals surface area contributed by atoms with Gasteiger partial charge in [-0.1, -0.05) is 18.2 Å². The van der Waals surface area contributed by atoms with Crippen molar-refractivity contribution in [2.45, 2.75) is 13.1 Å². The Morgan fingerprint density at radius 3 is 2.35 bits per heavy atom. The average molecular weight is 655 g/mol.